The highest BCUT2D eigenvalue weighted by molar-refractivity contribution is 9.10. The average molecular weight is 304 g/mol. The molecule has 17 heavy (non-hydrogen) atoms. The van der Waals surface area contributed by atoms with Gasteiger partial charge in [0.1, 0.15) is 0 Å². The number of benzene rings is 1. The Morgan fingerprint density at radius 1 is 1.41 bits per heavy atom. The van der Waals surface area contributed by atoms with Gasteiger partial charge in [0.05, 0.1) is 6.54 Å². The summed E-state index contributed by atoms with van der Waals surface area (Å²) in [6, 6.07) is 5.11. The number of rotatable bonds is 2. The highest BCUT2D eigenvalue weighted by atomic mass is 79.9. The Balaban J connectivity index is 2.30. The van der Waals surface area contributed by atoms with Crippen molar-refractivity contribution in [1.82, 2.24) is 0 Å². The van der Waals surface area contributed by atoms with E-state index < -0.39 is 5.92 Å². The highest BCUT2D eigenvalue weighted by Gasteiger charge is 2.35. The second-order valence-electron chi connectivity index (χ2n) is 4.20. The number of alkyl halides is 2. The molecule has 1 fully saturated rings. The molecule has 0 N–H and O–H groups in total. The van der Waals surface area contributed by atoms with Crippen molar-refractivity contribution in [3.05, 3.63) is 28.2 Å². The largest absolute Gasteiger partial charge is 0.365 e. The quantitative estimate of drug-likeness (QED) is 0.780. The predicted octanol–water partition coefficient (Wildman–Crippen LogP) is 3.50. The van der Waals surface area contributed by atoms with E-state index in [-0.39, 0.29) is 13.0 Å². The van der Waals surface area contributed by atoms with Crippen LogP contribution in [0.1, 0.15) is 23.2 Å². The molecule has 0 spiro atoms. The molecule has 5 heteroatoms. The molecule has 0 bridgehead atoms. The summed E-state index contributed by atoms with van der Waals surface area (Å²) in [5, 5.41) is 0. The lowest BCUT2D eigenvalue weighted by atomic mass is 10.0. The van der Waals surface area contributed by atoms with Crippen LogP contribution in [0.2, 0.25) is 0 Å². The number of piperidine rings is 1. The van der Waals surface area contributed by atoms with Gasteiger partial charge in [-0.05, 0) is 24.6 Å². The first-order valence-corrected chi connectivity index (χ1v) is 6.19. The molecule has 2 nitrogen and oxygen atoms in total. The smallest absolute Gasteiger partial charge is 0.265 e. The molecule has 0 saturated carbocycles. The van der Waals surface area contributed by atoms with Gasteiger partial charge >= 0.3 is 0 Å². The molecule has 0 atom stereocenters. The summed E-state index contributed by atoms with van der Waals surface area (Å²) >= 11 is 3.26. The van der Waals surface area contributed by atoms with Crippen molar-refractivity contribution in [3.8, 4) is 0 Å². The molecule has 1 aromatic rings. The minimum atomic E-state index is -2.66. The summed E-state index contributed by atoms with van der Waals surface area (Å²) < 4.78 is 27.4. The maximum atomic E-state index is 13.3. The lowest BCUT2D eigenvalue weighted by molar-refractivity contribution is -0.0117. The molecule has 1 aromatic carbocycles. The van der Waals surface area contributed by atoms with Crippen LogP contribution in [0.5, 0.6) is 0 Å². The van der Waals surface area contributed by atoms with Crippen molar-refractivity contribution in [2.24, 2.45) is 0 Å². The zero-order valence-electron chi connectivity index (χ0n) is 9.13. The van der Waals surface area contributed by atoms with Crippen LogP contribution in [0.15, 0.2) is 22.7 Å². The predicted molar refractivity (Wildman–Crippen MR) is 65.9 cm³/mol. The standard InChI is InChI=1S/C12H12BrF2NO/c13-10-2-3-11(9(6-10)7-17)16-5-1-4-12(14,15)8-16/h2-3,6-7H,1,4-5,8H2. The number of hydrogen-bond acceptors (Lipinski definition) is 2. The summed E-state index contributed by atoms with van der Waals surface area (Å²) in [5.41, 5.74) is 1.03. The Labute approximate surface area is 107 Å². The van der Waals surface area contributed by atoms with Crippen molar-refractivity contribution in [1.29, 1.82) is 0 Å². The lowest BCUT2D eigenvalue weighted by Gasteiger charge is -2.34. The summed E-state index contributed by atoms with van der Waals surface area (Å²) in [6.07, 6.45) is 1.07. The number of anilines is 1. The summed E-state index contributed by atoms with van der Waals surface area (Å²) in [4.78, 5) is 12.5. The van der Waals surface area contributed by atoms with E-state index >= 15 is 0 Å². The van der Waals surface area contributed by atoms with Crippen LogP contribution < -0.4 is 4.90 Å². The monoisotopic (exact) mass is 303 g/mol. The fraction of sp³-hybridized carbons (Fsp3) is 0.417. The van der Waals surface area contributed by atoms with Crippen molar-refractivity contribution in [2.75, 3.05) is 18.0 Å². The minimum absolute atomic E-state index is 0.0730. The topological polar surface area (TPSA) is 20.3 Å². The Kier molecular flexibility index (Phi) is 3.47. The van der Waals surface area contributed by atoms with Gasteiger partial charge in [0.25, 0.3) is 5.92 Å². The van der Waals surface area contributed by atoms with Crippen molar-refractivity contribution >= 4 is 27.9 Å². The van der Waals surface area contributed by atoms with Crippen molar-refractivity contribution in [2.45, 2.75) is 18.8 Å². The van der Waals surface area contributed by atoms with Crippen molar-refractivity contribution in [3.63, 3.8) is 0 Å². The SMILES string of the molecule is O=Cc1cc(Br)ccc1N1CCCC(F)(F)C1. The highest BCUT2D eigenvalue weighted by Crippen LogP contribution is 2.32. The maximum Gasteiger partial charge on any atom is 0.265 e. The van der Waals surface area contributed by atoms with E-state index in [0.29, 0.717) is 30.5 Å². The Morgan fingerprint density at radius 2 is 2.18 bits per heavy atom. The molecule has 1 heterocycles. The van der Waals surface area contributed by atoms with E-state index in [9.17, 15) is 13.6 Å². The molecule has 0 unspecified atom stereocenters. The molecule has 0 amide bonds. The number of carbonyl (C=O) groups is 1. The van der Waals surface area contributed by atoms with Gasteiger partial charge < -0.3 is 4.90 Å². The maximum absolute atomic E-state index is 13.3. The van der Waals surface area contributed by atoms with Gasteiger partial charge in [-0.15, -0.1) is 0 Å². The van der Waals surface area contributed by atoms with Gasteiger partial charge in [-0.3, -0.25) is 4.79 Å². The van der Waals surface area contributed by atoms with Crippen LogP contribution in [0, 0.1) is 0 Å². The number of carbonyl (C=O) groups excluding carboxylic acids is 1. The fourth-order valence-corrected chi connectivity index (χ4v) is 2.46. The lowest BCUT2D eigenvalue weighted by Crippen LogP contribution is -2.43. The average Bonchev–Trinajstić information content (AvgIpc) is 2.27. The molecule has 1 aliphatic rings. The number of hydrogen-bond donors (Lipinski definition) is 0. The minimum Gasteiger partial charge on any atom is -0.365 e. The van der Waals surface area contributed by atoms with E-state index in [2.05, 4.69) is 15.9 Å². The molecule has 0 aromatic heterocycles. The van der Waals surface area contributed by atoms with Crippen LogP contribution in [-0.2, 0) is 0 Å². The van der Waals surface area contributed by atoms with Crippen LogP contribution in [0.25, 0.3) is 0 Å². The van der Waals surface area contributed by atoms with Crippen LogP contribution in [0.3, 0.4) is 0 Å². The van der Waals surface area contributed by atoms with Gasteiger partial charge in [0, 0.05) is 28.7 Å². The second-order valence-corrected chi connectivity index (χ2v) is 5.12. The molecular weight excluding hydrogens is 292 g/mol. The molecule has 0 aliphatic carbocycles. The molecule has 1 saturated heterocycles. The number of aldehydes is 1. The van der Waals surface area contributed by atoms with Crippen LogP contribution >= 0.6 is 15.9 Å². The first-order chi connectivity index (χ1) is 8.02. The Hall–Kier alpha value is -0.970. The van der Waals surface area contributed by atoms with Crippen LogP contribution in [0.4, 0.5) is 14.5 Å². The van der Waals surface area contributed by atoms with Gasteiger partial charge in [-0.1, -0.05) is 15.9 Å². The molecular formula is C12H12BrF2NO. The first kappa shape index (κ1) is 12.5. The normalized spacial score (nSPS) is 19.1. The third-order valence-electron chi connectivity index (χ3n) is 2.85. The van der Waals surface area contributed by atoms with E-state index in [0.717, 1.165) is 4.47 Å². The molecule has 0 radical (unpaired) electrons. The summed E-state index contributed by atoms with van der Waals surface area (Å²) in [7, 11) is 0. The van der Waals surface area contributed by atoms with E-state index in [4.69, 9.17) is 0 Å². The third-order valence-corrected chi connectivity index (χ3v) is 3.34. The molecule has 2 rings (SSSR count). The number of halogens is 3. The van der Waals surface area contributed by atoms with E-state index in [1.807, 2.05) is 0 Å². The van der Waals surface area contributed by atoms with E-state index in [1.165, 1.54) is 0 Å². The van der Waals surface area contributed by atoms with Gasteiger partial charge in [0.15, 0.2) is 6.29 Å². The third kappa shape index (κ3) is 2.83. The Bertz CT molecular complexity index is 437. The van der Waals surface area contributed by atoms with Gasteiger partial charge in [0.2, 0.25) is 0 Å². The fourth-order valence-electron chi connectivity index (χ4n) is 2.08. The van der Waals surface area contributed by atoms with Gasteiger partial charge in [-0.25, -0.2) is 8.78 Å². The molecule has 92 valence electrons. The summed E-state index contributed by atoms with van der Waals surface area (Å²) in [6.45, 7) is 0.257. The van der Waals surface area contributed by atoms with Crippen LogP contribution in [-0.4, -0.2) is 25.3 Å². The zero-order valence-corrected chi connectivity index (χ0v) is 10.7. The van der Waals surface area contributed by atoms with E-state index in [1.54, 1.807) is 23.1 Å². The first-order valence-electron chi connectivity index (χ1n) is 5.39. The Morgan fingerprint density at radius 3 is 2.82 bits per heavy atom. The van der Waals surface area contributed by atoms with Crippen molar-refractivity contribution < 1.29 is 13.6 Å². The number of nitrogens with zero attached hydrogens (tertiary/aromatic N) is 1. The van der Waals surface area contributed by atoms with Gasteiger partial charge in [-0.2, -0.15) is 0 Å². The summed E-state index contributed by atoms with van der Waals surface area (Å²) in [5.74, 6) is -2.66. The zero-order chi connectivity index (χ0) is 12.5. The molecule has 1 aliphatic heterocycles. The second kappa shape index (κ2) is 4.72.